The van der Waals surface area contributed by atoms with Crippen LogP contribution in [0.4, 0.5) is 5.69 Å². The molecular formula is C13H12N4OS. The van der Waals surface area contributed by atoms with Gasteiger partial charge in [0.2, 0.25) is 5.91 Å². The van der Waals surface area contributed by atoms with E-state index in [-0.39, 0.29) is 5.91 Å². The zero-order chi connectivity index (χ0) is 13.2. The fraction of sp³-hybridized carbons (Fsp3) is 0.0769. The second-order valence-corrected chi connectivity index (χ2v) is 5.19. The van der Waals surface area contributed by atoms with E-state index in [1.54, 1.807) is 11.6 Å². The third-order valence-corrected chi connectivity index (χ3v) is 3.78. The number of hydrogen-bond acceptors (Lipinski definition) is 4. The van der Waals surface area contributed by atoms with Crippen molar-refractivity contribution in [1.29, 1.82) is 0 Å². The maximum absolute atomic E-state index is 11.0. The van der Waals surface area contributed by atoms with Crippen LogP contribution in [0.5, 0.6) is 0 Å². The van der Waals surface area contributed by atoms with Crippen LogP contribution in [0, 0.1) is 0 Å². The van der Waals surface area contributed by atoms with Gasteiger partial charge in [-0.05, 0) is 24.3 Å². The summed E-state index contributed by atoms with van der Waals surface area (Å²) in [5, 5.41) is 13.1. The zero-order valence-electron chi connectivity index (χ0n) is 10.0. The minimum Gasteiger partial charge on any atom is -0.380 e. The lowest BCUT2D eigenvalue weighted by atomic mass is 10.2. The van der Waals surface area contributed by atoms with E-state index in [4.69, 9.17) is 5.73 Å². The molecule has 5 nitrogen and oxygen atoms in total. The first-order valence-electron chi connectivity index (χ1n) is 5.76. The molecule has 0 bridgehead atoms. The summed E-state index contributed by atoms with van der Waals surface area (Å²) in [5.74, 6) is -0.388. The van der Waals surface area contributed by atoms with Crippen LogP contribution >= 0.6 is 11.3 Å². The van der Waals surface area contributed by atoms with Crippen molar-refractivity contribution >= 4 is 33.8 Å². The van der Waals surface area contributed by atoms with Gasteiger partial charge in [0.1, 0.15) is 0 Å². The van der Waals surface area contributed by atoms with Gasteiger partial charge < -0.3 is 11.1 Å². The molecule has 4 N–H and O–H groups in total. The third kappa shape index (κ3) is 2.43. The predicted molar refractivity (Wildman–Crippen MR) is 76.3 cm³/mol. The molecule has 0 saturated heterocycles. The van der Waals surface area contributed by atoms with Gasteiger partial charge in [-0.15, -0.1) is 11.3 Å². The summed E-state index contributed by atoms with van der Waals surface area (Å²) in [6.45, 7) is 0.664. The highest BCUT2D eigenvalue weighted by molar-refractivity contribution is 7.10. The van der Waals surface area contributed by atoms with Crippen LogP contribution in [0.2, 0.25) is 0 Å². The van der Waals surface area contributed by atoms with E-state index in [1.165, 1.54) is 11.3 Å². The number of nitrogens with one attached hydrogen (secondary N) is 2. The van der Waals surface area contributed by atoms with Crippen LogP contribution in [0.25, 0.3) is 10.9 Å². The largest absolute Gasteiger partial charge is 0.380 e. The lowest BCUT2D eigenvalue weighted by Crippen LogP contribution is -2.09. The van der Waals surface area contributed by atoms with E-state index in [0.29, 0.717) is 12.1 Å². The van der Waals surface area contributed by atoms with Gasteiger partial charge in [-0.3, -0.25) is 9.89 Å². The Morgan fingerprint density at radius 1 is 1.42 bits per heavy atom. The monoisotopic (exact) mass is 272 g/mol. The number of thiophene rings is 1. The lowest BCUT2D eigenvalue weighted by Gasteiger charge is -2.04. The van der Waals surface area contributed by atoms with Gasteiger partial charge in [-0.1, -0.05) is 0 Å². The van der Waals surface area contributed by atoms with Crippen LogP contribution in [0.1, 0.15) is 15.2 Å². The molecule has 0 unspecified atom stereocenters. The van der Waals surface area contributed by atoms with E-state index in [9.17, 15) is 4.79 Å². The van der Waals surface area contributed by atoms with Gasteiger partial charge >= 0.3 is 0 Å². The average Bonchev–Trinajstić information content (AvgIpc) is 3.04. The Morgan fingerprint density at radius 2 is 2.32 bits per heavy atom. The molecule has 0 aliphatic rings. The molecule has 0 radical (unpaired) electrons. The van der Waals surface area contributed by atoms with Gasteiger partial charge in [0.05, 0.1) is 17.3 Å². The second kappa shape index (κ2) is 4.74. The van der Waals surface area contributed by atoms with Crippen molar-refractivity contribution in [2.75, 3.05) is 5.32 Å². The Labute approximate surface area is 113 Å². The highest BCUT2D eigenvalue weighted by Crippen LogP contribution is 2.19. The Kier molecular flexibility index (Phi) is 2.92. The van der Waals surface area contributed by atoms with Crippen molar-refractivity contribution in [3.05, 3.63) is 46.3 Å². The van der Waals surface area contributed by atoms with Gasteiger partial charge in [-0.25, -0.2) is 0 Å². The first-order valence-corrected chi connectivity index (χ1v) is 6.64. The highest BCUT2D eigenvalue weighted by atomic mass is 32.1. The number of aromatic amines is 1. The van der Waals surface area contributed by atoms with Gasteiger partial charge in [0.25, 0.3) is 0 Å². The van der Waals surface area contributed by atoms with E-state index in [2.05, 4.69) is 15.5 Å². The molecule has 96 valence electrons. The Hall–Kier alpha value is -2.34. The number of rotatable bonds is 4. The number of nitrogens with two attached hydrogens (primary N) is 1. The number of nitrogens with zero attached hydrogens (tertiary/aromatic N) is 1. The molecule has 0 spiro atoms. The molecule has 1 aromatic carbocycles. The Bertz CT molecular complexity index is 731. The number of H-pyrrole nitrogens is 1. The SMILES string of the molecule is NC(=O)c1csc(CNc2ccc3cn[nH]c3c2)c1. The number of amides is 1. The van der Waals surface area contributed by atoms with Crippen molar-refractivity contribution in [1.82, 2.24) is 10.2 Å². The number of carbonyl (C=O) groups excluding carboxylic acids is 1. The quantitative estimate of drug-likeness (QED) is 0.681. The molecule has 3 aromatic rings. The predicted octanol–water partition coefficient (Wildman–Crippen LogP) is 2.34. The van der Waals surface area contributed by atoms with Crippen LogP contribution < -0.4 is 11.1 Å². The number of fused-ring (bicyclic) bond motifs is 1. The van der Waals surface area contributed by atoms with E-state index < -0.39 is 0 Å². The van der Waals surface area contributed by atoms with Crippen molar-refractivity contribution in [2.45, 2.75) is 6.54 Å². The van der Waals surface area contributed by atoms with Crippen LogP contribution in [0.15, 0.2) is 35.8 Å². The first kappa shape index (κ1) is 11.7. The normalized spacial score (nSPS) is 10.7. The summed E-state index contributed by atoms with van der Waals surface area (Å²) < 4.78 is 0. The molecule has 2 heterocycles. The molecule has 0 fully saturated rings. The minimum absolute atomic E-state index is 0.388. The fourth-order valence-electron chi connectivity index (χ4n) is 1.84. The second-order valence-electron chi connectivity index (χ2n) is 4.19. The molecule has 0 atom stereocenters. The Balaban J connectivity index is 1.72. The summed E-state index contributed by atoms with van der Waals surface area (Å²) in [6, 6.07) is 7.82. The summed E-state index contributed by atoms with van der Waals surface area (Å²) in [7, 11) is 0. The standard InChI is InChI=1S/C13H12N4OS/c14-13(18)9-3-11(19-7-9)6-15-10-2-1-8-5-16-17-12(8)4-10/h1-5,7,15H,6H2,(H2,14,18)(H,16,17). The van der Waals surface area contributed by atoms with Crippen molar-refractivity contribution < 1.29 is 4.79 Å². The van der Waals surface area contributed by atoms with Gasteiger partial charge in [-0.2, -0.15) is 5.10 Å². The molecule has 0 saturated carbocycles. The lowest BCUT2D eigenvalue weighted by molar-refractivity contribution is 0.100. The van der Waals surface area contributed by atoms with E-state index >= 15 is 0 Å². The smallest absolute Gasteiger partial charge is 0.249 e. The average molecular weight is 272 g/mol. The topological polar surface area (TPSA) is 83.8 Å². The molecule has 6 heteroatoms. The van der Waals surface area contributed by atoms with Gasteiger partial charge in [0, 0.05) is 27.9 Å². The number of hydrogen-bond donors (Lipinski definition) is 3. The molecule has 3 rings (SSSR count). The summed E-state index contributed by atoms with van der Waals surface area (Å²) in [5.41, 5.74) is 7.78. The summed E-state index contributed by atoms with van der Waals surface area (Å²) in [6.07, 6.45) is 1.79. The molecule has 19 heavy (non-hydrogen) atoms. The van der Waals surface area contributed by atoms with E-state index in [0.717, 1.165) is 21.5 Å². The summed E-state index contributed by atoms with van der Waals surface area (Å²) >= 11 is 1.52. The van der Waals surface area contributed by atoms with Crippen molar-refractivity contribution in [2.24, 2.45) is 5.73 Å². The highest BCUT2D eigenvalue weighted by Gasteiger charge is 2.04. The Morgan fingerprint density at radius 3 is 3.11 bits per heavy atom. The minimum atomic E-state index is -0.388. The number of primary amides is 1. The summed E-state index contributed by atoms with van der Waals surface area (Å²) in [4.78, 5) is 12.1. The zero-order valence-corrected chi connectivity index (χ0v) is 10.8. The fourth-order valence-corrected chi connectivity index (χ4v) is 2.65. The number of anilines is 1. The van der Waals surface area contributed by atoms with Gasteiger partial charge in [0.15, 0.2) is 0 Å². The maximum Gasteiger partial charge on any atom is 0.249 e. The van der Waals surface area contributed by atoms with Crippen molar-refractivity contribution in [3.8, 4) is 0 Å². The number of carbonyl (C=O) groups is 1. The number of aromatic nitrogens is 2. The third-order valence-electron chi connectivity index (χ3n) is 2.85. The van der Waals surface area contributed by atoms with Crippen LogP contribution in [-0.2, 0) is 6.54 Å². The molecule has 0 aliphatic heterocycles. The molecule has 1 amide bonds. The van der Waals surface area contributed by atoms with Crippen molar-refractivity contribution in [3.63, 3.8) is 0 Å². The van der Waals surface area contributed by atoms with Crippen LogP contribution in [0.3, 0.4) is 0 Å². The maximum atomic E-state index is 11.0. The molecule has 2 aromatic heterocycles. The first-order chi connectivity index (χ1) is 9.22. The molecular weight excluding hydrogens is 260 g/mol. The molecule has 0 aliphatic carbocycles. The number of benzene rings is 1. The van der Waals surface area contributed by atoms with Crippen LogP contribution in [-0.4, -0.2) is 16.1 Å². The van der Waals surface area contributed by atoms with E-state index in [1.807, 2.05) is 24.3 Å².